The Balaban J connectivity index is 2.05. The highest BCUT2D eigenvalue weighted by Crippen LogP contribution is 2.32. The van der Waals surface area contributed by atoms with Crippen molar-refractivity contribution in [3.05, 3.63) is 33.8 Å². The minimum Gasteiger partial charge on any atom is -0.350 e. The van der Waals surface area contributed by atoms with E-state index in [-0.39, 0.29) is 11.4 Å². The average Bonchev–Trinajstić information content (AvgIpc) is 2.55. The number of nitrogens with one attached hydrogen (secondary N) is 1. The van der Waals surface area contributed by atoms with E-state index in [1.807, 2.05) is 0 Å². The molecule has 0 saturated heterocycles. The fraction of sp³-hybridized carbons (Fsp3) is 0.588. The number of nitrogens with zero attached hydrogens (tertiary/aromatic N) is 1. The second-order valence-corrected chi connectivity index (χ2v) is 6.93. The number of hydrogen-bond donors (Lipinski definition) is 1. The third-order valence-corrected chi connectivity index (χ3v) is 5.57. The molecule has 22 heavy (non-hydrogen) atoms. The number of rotatable bonds is 5. The number of carbonyl (C=O) groups is 1. The predicted molar refractivity (Wildman–Crippen MR) is 92.9 cm³/mol. The Morgan fingerprint density at radius 3 is 2.50 bits per heavy atom. The van der Waals surface area contributed by atoms with E-state index < -0.39 is 0 Å². The Kier molecular flexibility index (Phi) is 6.13. The Hall–Kier alpha value is -0.770. The van der Waals surface area contributed by atoms with E-state index in [1.165, 1.54) is 19.3 Å². The smallest absolute Gasteiger partial charge is 0.251 e. The number of hydrogen-bond acceptors (Lipinski definition) is 2. The third-order valence-electron chi connectivity index (χ3n) is 4.83. The molecule has 1 aromatic carbocycles. The molecule has 0 atom stereocenters. The highest BCUT2D eigenvalue weighted by atomic mass is 35.5. The van der Waals surface area contributed by atoms with Crippen molar-refractivity contribution in [2.45, 2.75) is 44.6 Å². The van der Waals surface area contributed by atoms with Gasteiger partial charge in [-0.2, -0.15) is 0 Å². The Morgan fingerprint density at radius 2 is 1.91 bits per heavy atom. The minimum absolute atomic E-state index is 0.0822. The number of benzene rings is 1. The van der Waals surface area contributed by atoms with Crippen molar-refractivity contribution in [3.8, 4) is 0 Å². The van der Waals surface area contributed by atoms with E-state index in [4.69, 9.17) is 23.2 Å². The van der Waals surface area contributed by atoms with Gasteiger partial charge >= 0.3 is 0 Å². The van der Waals surface area contributed by atoms with Crippen molar-refractivity contribution in [1.29, 1.82) is 0 Å². The molecular formula is C17H24Cl2N2O. The van der Waals surface area contributed by atoms with Crippen molar-refractivity contribution in [1.82, 2.24) is 10.2 Å². The highest BCUT2D eigenvalue weighted by Gasteiger charge is 2.35. The summed E-state index contributed by atoms with van der Waals surface area (Å²) in [7, 11) is 2.15. The second-order valence-electron chi connectivity index (χ2n) is 6.11. The Morgan fingerprint density at radius 1 is 1.23 bits per heavy atom. The van der Waals surface area contributed by atoms with Gasteiger partial charge in [0.05, 0.1) is 10.0 Å². The van der Waals surface area contributed by atoms with Gasteiger partial charge in [-0.3, -0.25) is 9.69 Å². The van der Waals surface area contributed by atoms with E-state index in [9.17, 15) is 4.79 Å². The summed E-state index contributed by atoms with van der Waals surface area (Å²) < 4.78 is 0. The van der Waals surface area contributed by atoms with Gasteiger partial charge in [-0.1, -0.05) is 49.4 Å². The predicted octanol–water partition coefficient (Wildman–Crippen LogP) is 4.38. The monoisotopic (exact) mass is 342 g/mol. The molecule has 3 nitrogen and oxygen atoms in total. The van der Waals surface area contributed by atoms with Crippen molar-refractivity contribution in [2.24, 2.45) is 0 Å². The average molecular weight is 343 g/mol. The first-order valence-electron chi connectivity index (χ1n) is 7.93. The zero-order valence-corrected chi connectivity index (χ0v) is 14.8. The first-order chi connectivity index (χ1) is 10.5. The second kappa shape index (κ2) is 7.67. The first kappa shape index (κ1) is 17.6. The molecule has 1 amide bonds. The molecule has 1 aromatic rings. The molecule has 1 saturated carbocycles. The van der Waals surface area contributed by atoms with Crippen LogP contribution in [0.5, 0.6) is 0 Å². The van der Waals surface area contributed by atoms with Crippen molar-refractivity contribution >= 4 is 29.1 Å². The summed E-state index contributed by atoms with van der Waals surface area (Å²) in [6, 6.07) is 4.99. The lowest BCUT2D eigenvalue weighted by Crippen LogP contribution is -2.55. The molecule has 0 heterocycles. The summed E-state index contributed by atoms with van der Waals surface area (Å²) in [5, 5.41) is 3.96. The van der Waals surface area contributed by atoms with Crippen LogP contribution >= 0.6 is 23.2 Å². The topological polar surface area (TPSA) is 32.3 Å². The van der Waals surface area contributed by atoms with E-state index in [0.29, 0.717) is 22.2 Å². The normalized spacial score (nSPS) is 17.5. The Labute approximate surface area is 143 Å². The SMILES string of the molecule is CCN(C)C1(CNC(=O)c2ccc(Cl)c(Cl)c2)CCCCC1. The molecule has 5 heteroatoms. The molecule has 1 N–H and O–H groups in total. The van der Waals surface area contributed by atoms with Gasteiger partial charge in [0.2, 0.25) is 0 Å². The minimum atomic E-state index is -0.0898. The maximum atomic E-state index is 12.4. The molecule has 122 valence electrons. The molecule has 0 spiro atoms. The largest absolute Gasteiger partial charge is 0.350 e. The summed E-state index contributed by atoms with van der Waals surface area (Å²) in [6.07, 6.45) is 6.03. The number of carbonyl (C=O) groups excluding carboxylic acids is 1. The maximum absolute atomic E-state index is 12.4. The van der Waals surface area contributed by atoms with Gasteiger partial charge in [-0.25, -0.2) is 0 Å². The number of amides is 1. The summed E-state index contributed by atoms with van der Waals surface area (Å²) in [6.45, 7) is 3.83. The first-order valence-corrected chi connectivity index (χ1v) is 8.68. The van der Waals surface area contributed by atoms with Crippen molar-refractivity contribution in [2.75, 3.05) is 20.1 Å². The summed E-state index contributed by atoms with van der Waals surface area (Å²) >= 11 is 11.9. The zero-order chi connectivity index (χ0) is 16.2. The molecule has 0 unspecified atom stereocenters. The van der Waals surface area contributed by atoms with Gasteiger partial charge in [0.15, 0.2) is 0 Å². The highest BCUT2D eigenvalue weighted by molar-refractivity contribution is 6.42. The molecule has 1 fully saturated rings. The maximum Gasteiger partial charge on any atom is 0.251 e. The van der Waals surface area contributed by atoms with Gasteiger partial charge < -0.3 is 5.32 Å². The van der Waals surface area contributed by atoms with Crippen LogP contribution in [-0.4, -0.2) is 36.5 Å². The molecule has 0 aromatic heterocycles. The standard InChI is InChI=1S/C17H24Cl2N2O/c1-3-21(2)17(9-5-4-6-10-17)12-20-16(22)13-7-8-14(18)15(19)11-13/h7-8,11H,3-6,9-10,12H2,1-2H3,(H,20,22). The summed E-state index contributed by atoms with van der Waals surface area (Å²) in [5.41, 5.74) is 0.637. The van der Waals surface area contributed by atoms with Gasteiger partial charge in [-0.05, 0) is 44.6 Å². The third kappa shape index (κ3) is 3.95. The van der Waals surface area contributed by atoms with E-state index in [2.05, 4.69) is 24.2 Å². The van der Waals surface area contributed by atoms with Gasteiger partial charge in [0.1, 0.15) is 0 Å². The lowest BCUT2D eigenvalue weighted by molar-refractivity contribution is 0.0699. The zero-order valence-electron chi connectivity index (χ0n) is 13.3. The van der Waals surface area contributed by atoms with Crippen LogP contribution < -0.4 is 5.32 Å². The van der Waals surface area contributed by atoms with Gasteiger partial charge in [0.25, 0.3) is 5.91 Å². The molecule has 2 rings (SSSR count). The van der Waals surface area contributed by atoms with E-state index >= 15 is 0 Å². The fourth-order valence-electron chi connectivity index (χ4n) is 3.22. The van der Waals surface area contributed by atoms with Gasteiger partial charge in [0, 0.05) is 17.6 Å². The van der Waals surface area contributed by atoms with Crippen LogP contribution in [0.15, 0.2) is 18.2 Å². The van der Waals surface area contributed by atoms with E-state index in [1.54, 1.807) is 18.2 Å². The molecule has 0 bridgehead atoms. The van der Waals surface area contributed by atoms with Crippen LogP contribution in [0.25, 0.3) is 0 Å². The molecular weight excluding hydrogens is 319 g/mol. The van der Waals surface area contributed by atoms with Gasteiger partial charge in [-0.15, -0.1) is 0 Å². The van der Waals surface area contributed by atoms with Crippen LogP contribution in [0.3, 0.4) is 0 Å². The summed E-state index contributed by atoms with van der Waals surface area (Å²) in [5.74, 6) is -0.0898. The number of halogens is 2. The van der Waals surface area contributed by atoms with Crippen molar-refractivity contribution in [3.63, 3.8) is 0 Å². The van der Waals surface area contributed by atoms with Crippen LogP contribution in [0.1, 0.15) is 49.4 Å². The van der Waals surface area contributed by atoms with Crippen LogP contribution in [0.4, 0.5) is 0 Å². The number of likely N-dealkylation sites (N-methyl/N-ethyl adjacent to an activating group) is 1. The lowest BCUT2D eigenvalue weighted by Gasteiger charge is -2.44. The van der Waals surface area contributed by atoms with E-state index in [0.717, 1.165) is 19.4 Å². The molecule has 1 aliphatic carbocycles. The Bertz CT molecular complexity index is 527. The van der Waals surface area contributed by atoms with Crippen LogP contribution in [0.2, 0.25) is 10.0 Å². The quantitative estimate of drug-likeness (QED) is 0.861. The lowest BCUT2D eigenvalue weighted by atomic mass is 9.80. The molecule has 1 aliphatic rings. The van der Waals surface area contributed by atoms with Crippen molar-refractivity contribution < 1.29 is 4.79 Å². The fourth-order valence-corrected chi connectivity index (χ4v) is 3.52. The molecule has 0 aliphatic heterocycles. The van der Waals surface area contributed by atoms with Crippen LogP contribution in [-0.2, 0) is 0 Å². The summed E-state index contributed by atoms with van der Waals surface area (Å²) in [4.78, 5) is 14.7. The molecule has 0 radical (unpaired) electrons. The van der Waals surface area contributed by atoms with Crippen LogP contribution in [0, 0.1) is 0 Å².